The van der Waals surface area contributed by atoms with Crippen molar-refractivity contribution >= 4 is 0 Å². The van der Waals surface area contributed by atoms with E-state index in [1.165, 1.54) is 12.0 Å². The average molecular weight is 235 g/mol. The Morgan fingerprint density at radius 3 is 2.24 bits per heavy atom. The lowest BCUT2D eigenvalue weighted by Gasteiger charge is -2.18. The lowest BCUT2D eigenvalue weighted by Crippen LogP contribution is -2.22. The summed E-state index contributed by atoms with van der Waals surface area (Å²) in [5.74, 6) is 0.925. The first kappa shape index (κ1) is 14.0. The molecule has 17 heavy (non-hydrogen) atoms. The van der Waals surface area contributed by atoms with Crippen molar-refractivity contribution in [2.24, 2.45) is 5.41 Å². The van der Waals surface area contributed by atoms with Crippen LogP contribution in [0.2, 0.25) is 0 Å². The molecule has 0 saturated carbocycles. The Balaban J connectivity index is 2.18. The predicted molar refractivity (Wildman–Crippen MR) is 73.6 cm³/mol. The summed E-state index contributed by atoms with van der Waals surface area (Å²) in [7, 11) is 1.70. The second-order valence-electron chi connectivity index (χ2n) is 5.66. The molecule has 0 fully saturated rings. The smallest absolute Gasteiger partial charge is 0.118 e. The van der Waals surface area contributed by atoms with E-state index in [0.29, 0.717) is 5.41 Å². The highest BCUT2D eigenvalue weighted by atomic mass is 16.5. The quantitative estimate of drug-likeness (QED) is 0.764. The van der Waals surface area contributed by atoms with Crippen LogP contribution in [0.25, 0.3) is 0 Å². The van der Waals surface area contributed by atoms with Gasteiger partial charge in [-0.05, 0) is 49.0 Å². The van der Waals surface area contributed by atoms with Gasteiger partial charge in [-0.15, -0.1) is 0 Å². The molecular formula is C15H25NO. The number of methoxy groups -OCH3 is 1. The fourth-order valence-corrected chi connectivity index (χ4v) is 1.61. The molecule has 0 bridgehead atoms. The van der Waals surface area contributed by atoms with Crippen molar-refractivity contribution in [1.29, 1.82) is 0 Å². The van der Waals surface area contributed by atoms with Gasteiger partial charge in [0.15, 0.2) is 0 Å². The zero-order valence-electron chi connectivity index (χ0n) is 11.5. The minimum atomic E-state index is 0.424. The fraction of sp³-hybridized carbons (Fsp3) is 0.600. The third-order valence-corrected chi connectivity index (χ3v) is 2.80. The van der Waals surface area contributed by atoms with Gasteiger partial charge in [-0.3, -0.25) is 0 Å². The summed E-state index contributed by atoms with van der Waals surface area (Å²) in [5, 5.41) is 3.49. The van der Waals surface area contributed by atoms with Crippen molar-refractivity contribution in [2.75, 3.05) is 20.2 Å². The lowest BCUT2D eigenvalue weighted by molar-refractivity contribution is 0.367. The fourth-order valence-electron chi connectivity index (χ4n) is 1.61. The number of hydrogen-bond donors (Lipinski definition) is 1. The molecule has 0 aliphatic heterocycles. The van der Waals surface area contributed by atoms with Crippen molar-refractivity contribution in [3.8, 4) is 5.75 Å². The van der Waals surface area contributed by atoms with Gasteiger partial charge in [-0.25, -0.2) is 0 Å². The van der Waals surface area contributed by atoms with Crippen LogP contribution in [0.5, 0.6) is 5.75 Å². The van der Waals surface area contributed by atoms with E-state index in [9.17, 15) is 0 Å². The molecule has 96 valence electrons. The highest BCUT2D eigenvalue weighted by Gasteiger charge is 2.08. The molecular weight excluding hydrogens is 210 g/mol. The summed E-state index contributed by atoms with van der Waals surface area (Å²) in [6, 6.07) is 8.30. The number of rotatable bonds is 6. The molecule has 1 rings (SSSR count). The first-order valence-corrected chi connectivity index (χ1v) is 6.35. The second-order valence-corrected chi connectivity index (χ2v) is 5.66. The summed E-state index contributed by atoms with van der Waals surface area (Å²) in [5.41, 5.74) is 1.78. The molecule has 0 saturated heterocycles. The Morgan fingerprint density at radius 1 is 1.06 bits per heavy atom. The van der Waals surface area contributed by atoms with Gasteiger partial charge in [0.05, 0.1) is 7.11 Å². The van der Waals surface area contributed by atoms with Crippen LogP contribution in [0, 0.1) is 5.41 Å². The minimum Gasteiger partial charge on any atom is -0.497 e. The SMILES string of the molecule is COc1ccc(CCNCCC(C)(C)C)cc1. The first-order chi connectivity index (χ1) is 8.01. The van der Waals surface area contributed by atoms with Crippen LogP contribution in [0.15, 0.2) is 24.3 Å². The molecule has 0 aromatic heterocycles. The molecule has 1 N–H and O–H groups in total. The van der Waals surface area contributed by atoms with Gasteiger partial charge < -0.3 is 10.1 Å². The number of ether oxygens (including phenoxy) is 1. The summed E-state index contributed by atoms with van der Waals surface area (Å²) < 4.78 is 5.13. The Morgan fingerprint density at radius 2 is 1.71 bits per heavy atom. The Bertz CT molecular complexity index is 311. The van der Waals surface area contributed by atoms with E-state index in [4.69, 9.17) is 4.74 Å². The molecule has 0 heterocycles. The third kappa shape index (κ3) is 6.32. The van der Waals surface area contributed by atoms with Gasteiger partial charge in [0.25, 0.3) is 0 Å². The molecule has 0 unspecified atom stereocenters. The highest BCUT2D eigenvalue weighted by Crippen LogP contribution is 2.17. The summed E-state index contributed by atoms with van der Waals surface area (Å²) in [4.78, 5) is 0. The average Bonchev–Trinajstić information content (AvgIpc) is 2.28. The zero-order valence-corrected chi connectivity index (χ0v) is 11.5. The van der Waals surface area contributed by atoms with Crippen LogP contribution < -0.4 is 10.1 Å². The maximum atomic E-state index is 5.13. The standard InChI is InChI=1S/C15H25NO/c1-15(2,3)10-12-16-11-9-13-5-7-14(17-4)8-6-13/h5-8,16H,9-12H2,1-4H3. The molecule has 0 amide bonds. The van der Waals surface area contributed by atoms with Gasteiger partial charge in [0.2, 0.25) is 0 Å². The molecule has 0 radical (unpaired) electrons. The van der Waals surface area contributed by atoms with Crippen LogP contribution >= 0.6 is 0 Å². The Kier molecular flexibility index (Phi) is 5.49. The van der Waals surface area contributed by atoms with Crippen molar-refractivity contribution in [3.63, 3.8) is 0 Å². The van der Waals surface area contributed by atoms with Crippen molar-refractivity contribution in [1.82, 2.24) is 5.32 Å². The maximum Gasteiger partial charge on any atom is 0.118 e. The van der Waals surface area contributed by atoms with E-state index in [2.05, 4.69) is 38.2 Å². The Labute approximate surface area is 105 Å². The van der Waals surface area contributed by atoms with Crippen LogP contribution in [0.3, 0.4) is 0 Å². The molecule has 1 aromatic rings. The summed E-state index contributed by atoms with van der Waals surface area (Å²) in [6.45, 7) is 8.97. The largest absolute Gasteiger partial charge is 0.497 e. The van der Waals surface area contributed by atoms with Crippen molar-refractivity contribution in [3.05, 3.63) is 29.8 Å². The normalized spacial score (nSPS) is 11.5. The molecule has 2 heteroatoms. The van der Waals surface area contributed by atoms with E-state index in [-0.39, 0.29) is 0 Å². The topological polar surface area (TPSA) is 21.3 Å². The first-order valence-electron chi connectivity index (χ1n) is 6.35. The van der Waals surface area contributed by atoms with Crippen LogP contribution in [0.1, 0.15) is 32.8 Å². The summed E-state index contributed by atoms with van der Waals surface area (Å²) >= 11 is 0. The van der Waals surface area contributed by atoms with Gasteiger partial charge in [-0.1, -0.05) is 32.9 Å². The monoisotopic (exact) mass is 235 g/mol. The van der Waals surface area contributed by atoms with E-state index in [0.717, 1.165) is 25.3 Å². The van der Waals surface area contributed by atoms with Crippen LogP contribution in [0.4, 0.5) is 0 Å². The van der Waals surface area contributed by atoms with Crippen molar-refractivity contribution in [2.45, 2.75) is 33.6 Å². The van der Waals surface area contributed by atoms with Gasteiger partial charge in [0, 0.05) is 0 Å². The highest BCUT2D eigenvalue weighted by molar-refractivity contribution is 5.27. The third-order valence-electron chi connectivity index (χ3n) is 2.80. The second kappa shape index (κ2) is 6.65. The van der Waals surface area contributed by atoms with Crippen LogP contribution in [-0.2, 0) is 6.42 Å². The minimum absolute atomic E-state index is 0.424. The molecule has 0 atom stereocenters. The van der Waals surface area contributed by atoms with E-state index in [1.54, 1.807) is 7.11 Å². The lowest BCUT2D eigenvalue weighted by atomic mass is 9.92. The molecule has 2 nitrogen and oxygen atoms in total. The summed E-state index contributed by atoms with van der Waals surface area (Å²) in [6.07, 6.45) is 2.30. The number of benzene rings is 1. The molecule has 0 aliphatic carbocycles. The van der Waals surface area contributed by atoms with Crippen molar-refractivity contribution < 1.29 is 4.74 Å². The molecule has 0 spiro atoms. The van der Waals surface area contributed by atoms with E-state index in [1.807, 2.05) is 12.1 Å². The van der Waals surface area contributed by atoms with Gasteiger partial charge >= 0.3 is 0 Å². The van der Waals surface area contributed by atoms with E-state index < -0.39 is 0 Å². The van der Waals surface area contributed by atoms with E-state index >= 15 is 0 Å². The molecule has 1 aromatic carbocycles. The predicted octanol–water partition coefficient (Wildman–Crippen LogP) is 3.26. The zero-order chi connectivity index (χ0) is 12.7. The molecule has 0 aliphatic rings. The Hall–Kier alpha value is -1.02. The maximum absolute atomic E-state index is 5.13. The van der Waals surface area contributed by atoms with Gasteiger partial charge in [0.1, 0.15) is 5.75 Å². The number of nitrogens with one attached hydrogen (secondary N) is 1. The van der Waals surface area contributed by atoms with Crippen LogP contribution in [-0.4, -0.2) is 20.2 Å². The van der Waals surface area contributed by atoms with Gasteiger partial charge in [-0.2, -0.15) is 0 Å². The number of hydrogen-bond acceptors (Lipinski definition) is 2.